The van der Waals surface area contributed by atoms with E-state index in [0.717, 1.165) is 10.7 Å². The van der Waals surface area contributed by atoms with E-state index in [0.29, 0.717) is 52.5 Å². The number of rotatable bonds is 12. The van der Waals surface area contributed by atoms with E-state index in [9.17, 15) is 37.1 Å². The highest BCUT2D eigenvalue weighted by molar-refractivity contribution is 5.82. The van der Waals surface area contributed by atoms with Crippen LogP contribution in [0.4, 0.5) is 22.0 Å². The fourth-order valence-corrected chi connectivity index (χ4v) is 6.17. The first-order chi connectivity index (χ1) is 22.4. The second-order valence-corrected chi connectivity index (χ2v) is 13.0. The van der Waals surface area contributed by atoms with E-state index in [1.54, 1.807) is 59.7 Å². The zero-order valence-electron chi connectivity index (χ0n) is 27.8. The van der Waals surface area contributed by atoms with E-state index in [-0.39, 0.29) is 31.0 Å². The zero-order valence-corrected chi connectivity index (χ0v) is 27.8. The minimum absolute atomic E-state index is 0.00987. The molecule has 0 bridgehead atoms. The van der Waals surface area contributed by atoms with Gasteiger partial charge < -0.3 is 10.4 Å². The Hall–Kier alpha value is -4.13. The van der Waals surface area contributed by atoms with Crippen molar-refractivity contribution in [1.82, 2.24) is 20.0 Å². The van der Waals surface area contributed by atoms with Gasteiger partial charge in [-0.05, 0) is 80.0 Å². The molecule has 2 heterocycles. The predicted octanol–water partition coefficient (Wildman–Crippen LogP) is 6.42. The van der Waals surface area contributed by atoms with Crippen LogP contribution in [-0.4, -0.2) is 57.5 Å². The molecule has 1 aliphatic heterocycles. The molecule has 0 unspecified atom stereocenters. The lowest BCUT2D eigenvalue weighted by molar-refractivity contribution is -0.140. The molecule has 2 N–H and O–H groups in total. The molecule has 0 spiro atoms. The van der Waals surface area contributed by atoms with E-state index in [4.69, 9.17) is 0 Å². The van der Waals surface area contributed by atoms with Crippen LogP contribution >= 0.6 is 0 Å². The Kier molecular flexibility index (Phi) is 11.1. The van der Waals surface area contributed by atoms with E-state index in [1.165, 1.54) is 0 Å². The van der Waals surface area contributed by atoms with Crippen molar-refractivity contribution in [2.45, 2.75) is 85.2 Å². The number of carbonyl (C=O) groups excluding carboxylic acids is 1. The van der Waals surface area contributed by atoms with Gasteiger partial charge in [0, 0.05) is 37.2 Å². The Balaban J connectivity index is 1.80. The van der Waals surface area contributed by atoms with Crippen molar-refractivity contribution in [2.75, 3.05) is 19.6 Å². The number of hydrogen-bond donors (Lipinski definition) is 2. The smallest absolute Gasteiger partial charge is 0.419 e. The maximum Gasteiger partial charge on any atom is 0.419 e. The molecule has 260 valence electrons. The van der Waals surface area contributed by atoms with Gasteiger partial charge >= 0.3 is 12.1 Å². The molecule has 0 radical (unpaired) electrons. The number of alkyl halides is 4. The number of hydrogen-bond acceptors (Lipinski definition) is 5. The molecule has 2 atom stereocenters. The summed E-state index contributed by atoms with van der Waals surface area (Å²) >= 11 is 0. The largest absolute Gasteiger partial charge is 0.481 e. The second kappa shape index (κ2) is 14.6. The van der Waals surface area contributed by atoms with Crippen LogP contribution in [0.2, 0.25) is 0 Å². The van der Waals surface area contributed by atoms with Crippen molar-refractivity contribution >= 4 is 11.9 Å². The summed E-state index contributed by atoms with van der Waals surface area (Å²) in [6.45, 7) is 11.3. The Morgan fingerprint density at radius 2 is 1.69 bits per heavy atom. The molecule has 8 nitrogen and oxygen atoms in total. The van der Waals surface area contributed by atoms with Crippen molar-refractivity contribution in [3.8, 4) is 11.1 Å². The molecule has 48 heavy (non-hydrogen) atoms. The minimum Gasteiger partial charge on any atom is -0.481 e. The maximum absolute atomic E-state index is 15.8. The highest BCUT2D eigenvalue weighted by Gasteiger charge is 2.38. The molecule has 1 aromatic heterocycles. The number of carboxylic acids is 1. The third-order valence-corrected chi connectivity index (χ3v) is 8.87. The topological polar surface area (TPSA) is 105 Å². The summed E-state index contributed by atoms with van der Waals surface area (Å²) in [5, 5.41) is 16.7. The van der Waals surface area contributed by atoms with Crippen LogP contribution in [0.1, 0.15) is 77.8 Å². The number of aryl methyl sites for hydroxylation is 2. The first-order valence-electron chi connectivity index (χ1n) is 15.8. The van der Waals surface area contributed by atoms with Gasteiger partial charge in [0.25, 0.3) is 5.56 Å². The average molecular weight is 677 g/mol. The van der Waals surface area contributed by atoms with Gasteiger partial charge in [-0.2, -0.15) is 18.3 Å². The Labute approximate surface area is 276 Å². The van der Waals surface area contributed by atoms with Crippen molar-refractivity contribution in [3.05, 3.63) is 85.6 Å². The zero-order chi connectivity index (χ0) is 35.7. The van der Waals surface area contributed by atoms with Crippen LogP contribution < -0.4 is 10.9 Å². The molecular formula is C35H41F5N4O4. The van der Waals surface area contributed by atoms with Crippen molar-refractivity contribution in [1.29, 1.82) is 0 Å². The number of aliphatic carboxylic acids is 1. The molecule has 4 rings (SSSR count). The van der Waals surface area contributed by atoms with Gasteiger partial charge in [0.1, 0.15) is 18.0 Å². The third-order valence-electron chi connectivity index (χ3n) is 8.87. The quantitative estimate of drug-likeness (QED) is 0.215. The molecule has 2 aromatic carbocycles. The number of benzene rings is 2. The second-order valence-electron chi connectivity index (χ2n) is 13.0. The lowest BCUT2D eigenvalue weighted by Crippen LogP contribution is -2.49. The van der Waals surface area contributed by atoms with Gasteiger partial charge in [-0.15, -0.1) is 0 Å². The third kappa shape index (κ3) is 8.11. The summed E-state index contributed by atoms with van der Waals surface area (Å²) in [5.74, 6) is -4.26. The standard InChI is InChI=1S/C35H41F5N4O4/c1-18(2)12-29(44-34(48)22(6)21(5)27(42-44)10-11-43-16-24(36)17-43)33(47)41-28(15-30(45)46)25-13-23(14-26(32(25)37)35(38,39)40)31-19(3)8-7-9-20(31)4/h7-9,13-14,18,24,28-29H,10-12,15-17H2,1-6H3,(H,41,47)(H,45,46)/t28-,29-/m0/s1. The van der Waals surface area contributed by atoms with Crippen LogP contribution in [0.15, 0.2) is 35.1 Å². The molecular weight excluding hydrogens is 635 g/mol. The number of carbonyl (C=O) groups is 2. The summed E-state index contributed by atoms with van der Waals surface area (Å²) in [6.07, 6.45) is -6.53. The summed E-state index contributed by atoms with van der Waals surface area (Å²) in [5.41, 5.74) is 0.308. The number of likely N-dealkylation sites (tertiary alicyclic amines) is 1. The van der Waals surface area contributed by atoms with E-state index in [2.05, 4.69) is 10.4 Å². The summed E-state index contributed by atoms with van der Waals surface area (Å²) < 4.78 is 72.8. The first kappa shape index (κ1) is 36.7. The number of carboxylic acid groups (broad SMARTS) is 1. The lowest BCUT2D eigenvalue weighted by Gasteiger charge is -2.34. The van der Waals surface area contributed by atoms with Gasteiger partial charge in [-0.1, -0.05) is 32.0 Å². The fourth-order valence-electron chi connectivity index (χ4n) is 6.17. The summed E-state index contributed by atoms with van der Waals surface area (Å²) in [6, 6.07) is 3.91. The number of nitrogens with one attached hydrogen (secondary N) is 1. The molecule has 13 heteroatoms. The number of amides is 1. The van der Waals surface area contributed by atoms with Crippen LogP contribution in [0.25, 0.3) is 11.1 Å². The summed E-state index contributed by atoms with van der Waals surface area (Å²) in [4.78, 5) is 41.4. The van der Waals surface area contributed by atoms with Gasteiger partial charge in [0.05, 0.1) is 23.7 Å². The SMILES string of the molecule is Cc1cccc(C)c1-c1cc([C@H](CC(=O)O)NC(=O)[C@H](CC(C)C)n2nc(CCN3CC(F)C3)c(C)c(C)c2=O)c(F)c(C(F)(F)F)c1. The lowest BCUT2D eigenvalue weighted by atomic mass is 9.90. The molecule has 0 saturated carbocycles. The normalized spacial score (nSPS) is 15.3. The minimum atomic E-state index is -5.13. The van der Waals surface area contributed by atoms with Gasteiger partial charge in [0.15, 0.2) is 0 Å². The highest BCUT2D eigenvalue weighted by Crippen LogP contribution is 2.40. The monoisotopic (exact) mass is 676 g/mol. The molecule has 1 amide bonds. The van der Waals surface area contributed by atoms with Gasteiger partial charge in [-0.3, -0.25) is 19.3 Å². The molecule has 1 fully saturated rings. The van der Waals surface area contributed by atoms with Crippen LogP contribution in [-0.2, 0) is 22.2 Å². The Morgan fingerprint density at radius 1 is 1.06 bits per heavy atom. The molecule has 1 saturated heterocycles. The number of halogens is 5. The summed E-state index contributed by atoms with van der Waals surface area (Å²) in [7, 11) is 0. The molecule has 3 aromatic rings. The average Bonchev–Trinajstić information content (AvgIpc) is 2.96. The first-order valence-corrected chi connectivity index (χ1v) is 15.8. The number of aromatic nitrogens is 2. The number of nitrogens with zero attached hydrogens (tertiary/aromatic N) is 3. The Morgan fingerprint density at radius 3 is 2.23 bits per heavy atom. The van der Waals surface area contributed by atoms with Crippen molar-refractivity contribution < 1.29 is 36.6 Å². The van der Waals surface area contributed by atoms with E-state index >= 15 is 4.39 Å². The van der Waals surface area contributed by atoms with Crippen LogP contribution in [0.3, 0.4) is 0 Å². The highest BCUT2D eigenvalue weighted by atomic mass is 19.4. The maximum atomic E-state index is 15.8. The molecule has 1 aliphatic rings. The van der Waals surface area contributed by atoms with Gasteiger partial charge in [-0.25, -0.2) is 13.5 Å². The van der Waals surface area contributed by atoms with Crippen molar-refractivity contribution in [2.24, 2.45) is 5.92 Å². The van der Waals surface area contributed by atoms with Gasteiger partial charge in [0.2, 0.25) is 5.91 Å². The van der Waals surface area contributed by atoms with E-state index in [1.807, 2.05) is 4.90 Å². The van der Waals surface area contributed by atoms with Crippen LogP contribution in [0, 0.1) is 39.4 Å². The fraction of sp³-hybridized carbons (Fsp3) is 0.486. The molecule has 0 aliphatic carbocycles. The Bertz CT molecular complexity index is 1730. The van der Waals surface area contributed by atoms with Crippen LogP contribution in [0.5, 0.6) is 0 Å². The predicted molar refractivity (Wildman–Crippen MR) is 171 cm³/mol. The van der Waals surface area contributed by atoms with Crippen molar-refractivity contribution in [3.63, 3.8) is 0 Å². The van der Waals surface area contributed by atoms with E-state index < -0.39 is 65.2 Å².